The maximum Gasteiger partial charge on any atom is 0.317 e. The molecule has 0 aromatic heterocycles. The standard InChI is InChI=1S/C11H20N2O3/c1-8(6-7-10(14)15)12-11(16)13(2)9-4-3-5-9/h8-9H,3-7H2,1-2H3,(H,12,16)(H,14,15). The van der Waals surface area contributed by atoms with E-state index in [4.69, 9.17) is 5.11 Å². The van der Waals surface area contributed by atoms with Gasteiger partial charge in [0.2, 0.25) is 0 Å². The SMILES string of the molecule is CC(CCC(=O)O)NC(=O)N(C)C1CCC1. The summed E-state index contributed by atoms with van der Waals surface area (Å²) in [4.78, 5) is 23.8. The lowest BCUT2D eigenvalue weighted by molar-refractivity contribution is -0.137. The second-order valence-corrected chi connectivity index (χ2v) is 4.48. The number of hydrogen-bond donors (Lipinski definition) is 2. The number of hydrogen-bond acceptors (Lipinski definition) is 2. The van der Waals surface area contributed by atoms with E-state index in [1.54, 1.807) is 11.9 Å². The average molecular weight is 228 g/mol. The Kier molecular flexibility index (Phi) is 4.58. The zero-order valence-corrected chi connectivity index (χ0v) is 9.90. The molecule has 0 heterocycles. The average Bonchev–Trinajstić information content (AvgIpc) is 2.11. The summed E-state index contributed by atoms with van der Waals surface area (Å²) >= 11 is 0. The number of nitrogens with zero attached hydrogens (tertiary/aromatic N) is 1. The van der Waals surface area contributed by atoms with Crippen LogP contribution in [0.15, 0.2) is 0 Å². The number of urea groups is 1. The molecule has 1 aliphatic rings. The maximum absolute atomic E-state index is 11.7. The quantitative estimate of drug-likeness (QED) is 0.748. The lowest BCUT2D eigenvalue weighted by atomic mass is 9.92. The second kappa shape index (κ2) is 5.72. The molecule has 0 spiro atoms. The first kappa shape index (κ1) is 12.8. The molecule has 1 saturated carbocycles. The van der Waals surface area contributed by atoms with Crippen molar-refractivity contribution in [3.05, 3.63) is 0 Å². The number of rotatable bonds is 5. The third-order valence-corrected chi connectivity index (χ3v) is 3.10. The molecule has 1 fully saturated rings. The number of nitrogens with one attached hydrogen (secondary N) is 1. The normalized spacial score (nSPS) is 17.4. The van der Waals surface area contributed by atoms with Gasteiger partial charge in [0.1, 0.15) is 0 Å². The molecular weight excluding hydrogens is 208 g/mol. The van der Waals surface area contributed by atoms with Gasteiger partial charge in [0, 0.05) is 25.6 Å². The topological polar surface area (TPSA) is 69.6 Å². The second-order valence-electron chi connectivity index (χ2n) is 4.48. The van der Waals surface area contributed by atoms with Crippen molar-refractivity contribution in [1.82, 2.24) is 10.2 Å². The Bertz CT molecular complexity index is 264. The predicted molar refractivity (Wildman–Crippen MR) is 60.3 cm³/mol. The number of carboxylic acid groups (broad SMARTS) is 1. The molecule has 0 saturated heterocycles. The highest BCUT2D eigenvalue weighted by atomic mass is 16.4. The zero-order valence-electron chi connectivity index (χ0n) is 9.90. The third kappa shape index (κ3) is 3.72. The number of amides is 2. The van der Waals surface area contributed by atoms with E-state index in [2.05, 4.69) is 5.32 Å². The zero-order chi connectivity index (χ0) is 12.1. The Hall–Kier alpha value is -1.26. The van der Waals surface area contributed by atoms with E-state index < -0.39 is 5.97 Å². The van der Waals surface area contributed by atoms with E-state index in [1.165, 1.54) is 6.42 Å². The fourth-order valence-corrected chi connectivity index (χ4v) is 1.66. The summed E-state index contributed by atoms with van der Waals surface area (Å²) < 4.78 is 0. The Morgan fingerprint density at radius 3 is 2.56 bits per heavy atom. The van der Waals surface area contributed by atoms with Gasteiger partial charge < -0.3 is 15.3 Å². The summed E-state index contributed by atoms with van der Waals surface area (Å²) in [5.74, 6) is -0.826. The van der Waals surface area contributed by atoms with Gasteiger partial charge in [-0.25, -0.2) is 4.79 Å². The van der Waals surface area contributed by atoms with Crippen LogP contribution in [0.5, 0.6) is 0 Å². The van der Waals surface area contributed by atoms with Gasteiger partial charge in [-0.2, -0.15) is 0 Å². The van der Waals surface area contributed by atoms with Gasteiger partial charge in [0.15, 0.2) is 0 Å². The Labute approximate surface area is 95.8 Å². The Morgan fingerprint density at radius 1 is 1.50 bits per heavy atom. The summed E-state index contributed by atoms with van der Waals surface area (Å²) in [5.41, 5.74) is 0. The molecule has 16 heavy (non-hydrogen) atoms. The molecule has 92 valence electrons. The van der Waals surface area contributed by atoms with Crippen molar-refractivity contribution >= 4 is 12.0 Å². The molecule has 5 heteroatoms. The molecule has 0 bridgehead atoms. The van der Waals surface area contributed by atoms with Gasteiger partial charge >= 0.3 is 12.0 Å². The molecule has 0 aliphatic heterocycles. The van der Waals surface area contributed by atoms with Crippen molar-refractivity contribution in [3.63, 3.8) is 0 Å². The minimum atomic E-state index is -0.826. The minimum Gasteiger partial charge on any atom is -0.481 e. The van der Waals surface area contributed by atoms with Crippen molar-refractivity contribution in [2.24, 2.45) is 0 Å². The van der Waals surface area contributed by atoms with Crippen LogP contribution in [0.2, 0.25) is 0 Å². The Morgan fingerprint density at radius 2 is 2.12 bits per heavy atom. The lowest BCUT2D eigenvalue weighted by Crippen LogP contribution is -2.48. The van der Waals surface area contributed by atoms with E-state index in [0.717, 1.165) is 12.8 Å². The fraction of sp³-hybridized carbons (Fsp3) is 0.818. The molecule has 1 atom stereocenters. The first-order valence-corrected chi connectivity index (χ1v) is 5.76. The molecule has 0 aromatic rings. The van der Waals surface area contributed by atoms with Crippen LogP contribution in [-0.2, 0) is 4.79 Å². The summed E-state index contributed by atoms with van der Waals surface area (Å²) in [7, 11) is 1.79. The largest absolute Gasteiger partial charge is 0.481 e. The summed E-state index contributed by atoms with van der Waals surface area (Å²) in [5, 5.41) is 11.3. The molecule has 1 aliphatic carbocycles. The van der Waals surface area contributed by atoms with Crippen LogP contribution in [0, 0.1) is 0 Å². The van der Waals surface area contributed by atoms with E-state index in [9.17, 15) is 9.59 Å². The van der Waals surface area contributed by atoms with Gasteiger partial charge in [-0.05, 0) is 32.6 Å². The summed E-state index contributed by atoms with van der Waals surface area (Å²) in [6, 6.07) is 0.181. The molecule has 5 nitrogen and oxygen atoms in total. The molecular formula is C11H20N2O3. The third-order valence-electron chi connectivity index (χ3n) is 3.10. The van der Waals surface area contributed by atoms with Gasteiger partial charge in [0.25, 0.3) is 0 Å². The summed E-state index contributed by atoms with van der Waals surface area (Å²) in [6.45, 7) is 1.83. The first-order chi connectivity index (χ1) is 7.50. The number of aliphatic carboxylic acids is 1. The molecule has 0 aromatic carbocycles. The van der Waals surface area contributed by atoms with Crippen molar-refractivity contribution in [3.8, 4) is 0 Å². The van der Waals surface area contributed by atoms with Crippen LogP contribution in [0.4, 0.5) is 4.79 Å². The smallest absolute Gasteiger partial charge is 0.317 e. The van der Waals surface area contributed by atoms with Crippen LogP contribution in [0.3, 0.4) is 0 Å². The highest BCUT2D eigenvalue weighted by Crippen LogP contribution is 2.23. The molecule has 2 amide bonds. The first-order valence-electron chi connectivity index (χ1n) is 5.76. The van der Waals surface area contributed by atoms with Gasteiger partial charge in [-0.1, -0.05) is 0 Å². The molecule has 0 radical (unpaired) electrons. The van der Waals surface area contributed by atoms with Crippen LogP contribution in [0.1, 0.15) is 39.0 Å². The molecule has 1 unspecified atom stereocenters. The number of carbonyl (C=O) groups excluding carboxylic acids is 1. The van der Waals surface area contributed by atoms with Gasteiger partial charge in [-0.15, -0.1) is 0 Å². The van der Waals surface area contributed by atoms with Crippen molar-refractivity contribution in [2.75, 3.05) is 7.05 Å². The maximum atomic E-state index is 11.7. The number of carbonyl (C=O) groups is 2. The van der Waals surface area contributed by atoms with E-state index >= 15 is 0 Å². The van der Waals surface area contributed by atoms with Crippen molar-refractivity contribution in [2.45, 2.75) is 51.1 Å². The Balaban J connectivity index is 2.23. The lowest BCUT2D eigenvalue weighted by Gasteiger charge is -2.35. The highest BCUT2D eigenvalue weighted by Gasteiger charge is 2.26. The van der Waals surface area contributed by atoms with Gasteiger partial charge in [-0.3, -0.25) is 4.79 Å². The van der Waals surface area contributed by atoms with Crippen LogP contribution < -0.4 is 5.32 Å². The monoisotopic (exact) mass is 228 g/mol. The summed E-state index contributed by atoms with van der Waals surface area (Å²) in [6.07, 6.45) is 3.91. The fourth-order valence-electron chi connectivity index (χ4n) is 1.66. The van der Waals surface area contributed by atoms with E-state index in [1.807, 2.05) is 6.92 Å². The highest BCUT2D eigenvalue weighted by molar-refractivity contribution is 5.74. The van der Waals surface area contributed by atoms with Crippen LogP contribution >= 0.6 is 0 Å². The number of carboxylic acids is 1. The molecule has 1 rings (SSSR count). The molecule has 2 N–H and O–H groups in total. The minimum absolute atomic E-state index is 0.0915. The van der Waals surface area contributed by atoms with Crippen molar-refractivity contribution < 1.29 is 14.7 Å². The predicted octanol–water partition coefficient (Wildman–Crippen LogP) is 1.43. The van der Waals surface area contributed by atoms with Gasteiger partial charge in [0.05, 0.1) is 0 Å². The van der Waals surface area contributed by atoms with E-state index in [0.29, 0.717) is 12.5 Å². The van der Waals surface area contributed by atoms with Crippen LogP contribution in [-0.4, -0.2) is 41.1 Å². The van der Waals surface area contributed by atoms with E-state index in [-0.39, 0.29) is 18.5 Å². The van der Waals surface area contributed by atoms with Crippen molar-refractivity contribution in [1.29, 1.82) is 0 Å². The van der Waals surface area contributed by atoms with Crippen LogP contribution in [0.25, 0.3) is 0 Å².